The Morgan fingerprint density at radius 1 is 1.11 bits per heavy atom. The van der Waals surface area contributed by atoms with Crippen molar-refractivity contribution in [3.05, 3.63) is 12.2 Å². The molecule has 0 aliphatic carbocycles. The lowest BCUT2D eigenvalue weighted by Crippen LogP contribution is -2.61. The van der Waals surface area contributed by atoms with Crippen molar-refractivity contribution in [2.45, 2.75) is 64.3 Å². The standard InChI is InChI=1S/C19H32N4O4/c1-3-4-5-6-7-8-9-10-11-16(24)20-13-12-17(25)22-15-14-21-19(27)23(2)18(15)26/h8-9,15H,3-7,10-14H2,1-2H3,(H,20,24)(H,21,27)(H,22,25)/b9-8-/t15-/m1/s1. The third-order valence-electron chi connectivity index (χ3n) is 4.33. The van der Waals surface area contributed by atoms with Gasteiger partial charge in [-0.25, -0.2) is 4.79 Å². The van der Waals surface area contributed by atoms with Crippen molar-refractivity contribution in [2.24, 2.45) is 0 Å². The Kier molecular flexibility index (Phi) is 10.8. The third-order valence-corrected chi connectivity index (χ3v) is 4.33. The van der Waals surface area contributed by atoms with E-state index in [1.807, 2.05) is 6.08 Å². The second kappa shape index (κ2) is 12.9. The Hall–Kier alpha value is -2.38. The van der Waals surface area contributed by atoms with E-state index >= 15 is 0 Å². The number of likely N-dealkylation sites (N-methyl/N-ethyl adjacent to an activating group) is 1. The van der Waals surface area contributed by atoms with E-state index in [9.17, 15) is 19.2 Å². The Morgan fingerprint density at radius 2 is 1.85 bits per heavy atom. The minimum absolute atomic E-state index is 0.0743. The van der Waals surface area contributed by atoms with Gasteiger partial charge in [-0.1, -0.05) is 38.3 Å². The molecule has 152 valence electrons. The van der Waals surface area contributed by atoms with E-state index in [1.165, 1.54) is 32.7 Å². The third kappa shape index (κ3) is 9.21. The molecule has 8 nitrogen and oxygen atoms in total. The van der Waals surface area contributed by atoms with Crippen LogP contribution in [0.3, 0.4) is 0 Å². The molecule has 1 fully saturated rings. The van der Waals surface area contributed by atoms with Crippen LogP contribution in [-0.2, 0) is 14.4 Å². The first-order chi connectivity index (χ1) is 13.0. The van der Waals surface area contributed by atoms with E-state index in [1.54, 1.807) is 0 Å². The second-order valence-corrected chi connectivity index (χ2v) is 6.66. The van der Waals surface area contributed by atoms with Crippen LogP contribution in [0.1, 0.15) is 58.3 Å². The molecule has 1 atom stereocenters. The second-order valence-electron chi connectivity index (χ2n) is 6.66. The summed E-state index contributed by atoms with van der Waals surface area (Å²) in [5.74, 6) is -0.887. The summed E-state index contributed by atoms with van der Waals surface area (Å²) >= 11 is 0. The molecule has 5 amide bonds. The number of amides is 5. The summed E-state index contributed by atoms with van der Waals surface area (Å²) in [5.41, 5.74) is 0. The molecule has 0 spiro atoms. The van der Waals surface area contributed by atoms with E-state index in [-0.39, 0.29) is 31.3 Å². The van der Waals surface area contributed by atoms with Gasteiger partial charge in [0.05, 0.1) is 0 Å². The summed E-state index contributed by atoms with van der Waals surface area (Å²) in [6.07, 6.45) is 11.3. The zero-order valence-electron chi connectivity index (χ0n) is 16.4. The van der Waals surface area contributed by atoms with Crippen LogP contribution < -0.4 is 16.0 Å². The predicted octanol–water partition coefficient (Wildman–Crippen LogP) is 1.47. The lowest BCUT2D eigenvalue weighted by atomic mass is 10.1. The van der Waals surface area contributed by atoms with Gasteiger partial charge in [0.2, 0.25) is 11.8 Å². The van der Waals surface area contributed by atoms with Gasteiger partial charge in [0.1, 0.15) is 6.04 Å². The van der Waals surface area contributed by atoms with Crippen molar-refractivity contribution >= 4 is 23.8 Å². The van der Waals surface area contributed by atoms with E-state index in [0.717, 1.165) is 11.3 Å². The molecule has 0 bridgehead atoms. The fourth-order valence-corrected chi connectivity index (χ4v) is 2.65. The number of hydrogen-bond acceptors (Lipinski definition) is 4. The number of unbranched alkanes of at least 4 members (excludes halogenated alkanes) is 4. The summed E-state index contributed by atoms with van der Waals surface area (Å²) in [6.45, 7) is 2.48. The molecule has 1 aliphatic rings. The molecule has 1 saturated heterocycles. The summed E-state index contributed by atoms with van der Waals surface area (Å²) in [5, 5.41) is 7.78. The molecule has 3 N–H and O–H groups in total. The van der Waals surface area contributed by atoms with Gasteiger partial charge in [-0.05, 0) is 19.3 Å². The molecule has 1 rings (SSSR count). The van der Waals surface area contributed by atoms with Gasteiger partial charge in [-0.3, -0.25) is 19.3 Å². The van der Waals surface area contributed by atoms with Crippen LogP contribution in [0.15, 0.2) is 12.2 Å². The number of rotatable bonds is 12. The van der Waals surface area contributed by atoms with Gasteiger partial charge < -0.3 is 16.0 Å². The van der Waals surface area contributed by atoms with Gasteiger partial charge in [0.25, 0.3) is 5.91 Å². The highest BCUT2D eigenvalue weighted by atomic mass is 16.2. The van der Waals surface area contributed by atoms with Gasteiger partial charge >= 0.3 is 6.03 Å². The Morgan fingerprint density at radius 3 is 2.59 bits per heavy atom. The molecule has 0 aromatic heterocycles. The van der Waals surface area contributed by atoms with Gasteiger partial charge in [-0.15, -0.1) is 0 Å². The molecular formula is C19H32N4O4. The fourth-order valence-electron chi connectivity index (χ4n) is 2.65. The topological polar surface area (TPSA) is 108 Å². The number of nitrogens with zero attached hydrogens (tertiary/aromatic N) is 1. The molecule has 0 radical (unpaired) electrons. The van der Waals surface area contributed by atoms with Gasteiger partial charge in [-0.2, -0.15) is 0 Å². The van der Waals surface area contributed by atoms with E-state index in [2.05, 4.69) is 29.0 Å². The van der Waals surface area contributed by atoms with E-state index in [0.29, 0.717) is 12.8 Å². The maximum Gasteiger partial charge on any atom is 0.323 e. The fraction of sp³-hybridized carbons (Fsp3) is 0.684. The van der Waals surface area contributed by atoms with Gasteiger partial charge in [0.15, 0.2) is 0 Å². The lowest BCUT2D eigenvalue weighted by molar-refractivity contribution is -0.134. The minimum atomic E-state index is -0.765. The van der Waals surface area contributed by atoms with Crippen molar-refractivity contribution in [3.8, 4) is 0 Å². The molecule has 0 saturated carbocycles. The lowest BCUT2D eigenvalue weighted by Gasteiger charge is -2.29. The number of hydrogen-bond donors (Lipinski definition) is 3. The van der Waals surface area contributed by atoms with Crippen LogP contribution >= 0.6 is 0 Å². The summed E-state index contributed by atoms with van der Waals surface area (Å²) in [4.78, 5) is 47.7. The molecule has 1 aliphatic heterocycles. The van der Waals surface area contributed by atoms with Crippen molar-refractivity contribution in [3.63, 3.8) is 0 Å². The van der Waals surface area contributed by atoms with E-state index < -0.39 is 18.0 Å². The molecule has 8 heteroatoms. The number of nitrogens with one attached hydrogen (secondary N) is 3. The van der Waals surface area contributed by atoms with Crippen molar-refractivity contribution in [1.29, 1.82) is 0 Å². The Balaban J connectivity index is 2.10. The first-order valence-electron chi connectivity index (χ1n) is 9.72. The molecule has 1 heterocycles. The summed E-state index contributed by atoms with van der Waals surface area (Å²) < 4.78 is 0. The average Bonchev–Trinajstić information content (AvgIpc) is 2.64. The van der Waals surface area contributed by atoms with Crippen LogP contribution in [-0.4, -0.2) is 54.8 Å². The Bertz CT molecular complexity index is 548. The zero-order valence-corrected chi connectivity index (χ0v) is 16.4. The first-order valence-corrected chi connectivity index (χ1v) is 9.72. The van der Waals surface area contributed by atoms with Crippen molar-refractivity contribution < 1.29 is 19.2 Å². The zero-order chi connectivity index (χ0) is 20.1. The van der Waals surface area contributed by atoms with Crippen molar-refractivity contribution in [2.75, 3.05) is 20.1 Å². The first kappa shape index (κ1) is 22.7. The number of carbonyl (C=O) groups is 4. The molecule has 0 aromatic rings. The van der Waals surface area contributed by atoms with Gasteiger partial charge in [0, 0.05) is 33.0 Å². The summed E-state index contributed by atoms with van der Waals surface area (Å²) in [6, 6.07) is -1.24. The van der Waals surface area contributed by atoms with Crippen LogP contribution in [0.5, 0.6) is 0 Å². The van der Waals surface area contributed by atoms with Crippen LogP contribution in [0.4, 0.5) is 4.79 Å². The quantitative estimate of drug-likeness (QED) is 0.352. The number of imide groups is 1. The number of urea groups is 1. The van der Waals surface area contributed by atoms with Crippen LogP contribution in [0.2, 0.25) is 0 Å². The largest absolute Gasteiger partial charge is 0.356 e. The number of carbonyl (C=O) groups excluding carboxylic acids is 4. The SMILES string of the molecule is CCCCCC/C=C\CCC(=O)NCCC(=O)N[C@@H]1CNC(=O)N(C)C1=O. The molecule has 27 heavy (non-hydrogen) atoms. The monoisotopic (exact) mass is 380 g/mol. The highest BCUT2D eigenvalue weighted by Gasteiger charge is 2.32. The minimum Gasteiger partial charge on any atom is -0.356 e. The van der Waals surface area contributed by atoms with Crippen molar-refractivity contribution in [1.82, 2.24) is 20.9 Å². The Labute approximate surface area is 161 Å². The maximum atomic E-state index is 11.9. The maximum absolute atomic E-state index is 11.9. The normalized spacial score (nSPS) is 17.1. The smallest absolute Gasteiger partial charge is 0.323 e. The average molecular weight is 380 g/mol. The number of allylic oxidation sites excluding steroid dienone is 2. The van der Waals surface area contributed by atoms with E-state index in [4.69, 9.17) is 0 Å². The summed E-state index contributed by atoms with van der Waals surface area (Å²) in [7, 11) is 1.36. The van der Waals surface area contributed by atoms with Crippen LogP contribution in [0, 0.1) is 0 Å². The molecular weight excluding hydrogens is 348 g/mol. The highest BCUT2D eigenvalue weighted by molar-refractivity contribution is 6.01. The predicted molar refractivity (Wildman–Crippen MR) is 103 cm³/mol. The molecule has 0 aromatic carbocycles. The highest BCUT2D eigenvalue weighted by Crippen LogP contribution is 2.04. The van der Waals surface area contributed by atoms with Crippen LogP contribution in [0.25, 0.3) is 0 Å². The molecule has 0 unspecified atom stereocenters.